The minimum Gasteiger partial charge on any atom is -0.395 e. The number of hydrogen-bond acceptors (Lipinski definition) is 2. The van der Waals surface area contributed by atoms with E-state index >= 15 is 0 Å². The molecule has 0 atom stereocenters. The summed E-state index contributed by atoms with van der Waals surface area (Å²) in [6.07, 6.45) is 1.01. The van der Waals surface area contributed by atoms with Gasteiger partial charge in [-0.05, 0) is 31.1 Å². The molecule has 0 amide bonds. The highest BCUT2D eigenvalue weighted by Crippen LogP contribution is 2.26. The number of hydrogen-bond donors (Lipinski definition) is 2. The molecule has 0 spiro atoms. The minimum absolute atomic E-state index is 0.148. The molecule has 2 N–H and O–H groups in total. The van der Waals surface area contributed by atoms with Crippen molar-refractivity contribution < 1.29 is 5.11 Å². The Morgan fingerprint density at radius 3 is 2.53 bits per heavy atom. The van der Waals surface area contributed by atoms with Crippen LogP contribution in [0.4, 0.5) is 0 Å². The first-order valence-electron chi connectivity index (χ1n) is 5.45. The zero-order valence-corrected chi connectivity index (χ0v) is 9.88. The van der Waals surface area contributed by atoms with E-state index in [1.54, 1.807) is 0 Å². The maximum Gasteiger partial charge on any atom is 0.0522 e. The monoisotopic (exact) mass is 207 g/mol. The van der Waals surface area contributed by atoms with Crippen molar-refractivity contribution in [3.63, 3.8) is 0 Å². The molecule has 84 valence electrons. The maximum atomic E-state index is 9.38. The van der Waals surface area contributed by atoms with Crippen LogP contribution in [-0.2, 0) is 11.8 Å². The lowest BCUT2D eigenvalue weighted by atomic mass is 9.82. The lowest BCUT2D eigenvalue weighted by Gasteiger charge is -2.25. The SMILES string of the molecule is CNCCc1ccccc1C(C)(C)CO. The second-order valence-corrected chi connectivity index (χ2v) is 4.55. The van der Waals surface area contributed by atoms with E-state index in [0.717, 1.165) is 13.0 Å². The van der Waals surface area contributed by atoms with E-state index in [-0.39, 0.29) is 12.0 Å². The molecule has 2 heteroatoms. The van der Waals surface area contributed by atoms with Crippen molar-refractivity contribution in [3.8, 4) is 0 Å². The van der Waals surface area contributed by atoms with Crippen LogP contribution in [0.25, 0.3) is 0 Å². The topological polar surface area (TPSA) is 32.3 Å². The van der Waals surface area contributed by atoms with Gasteiger partial charge < -0.3 is 10.4 Å². The highest BCUT2D eigenvalue weighted by atomic mass is 16.3. The third-order valence-corrected chi connectivity index (χ3v) is 2.79. The van der Waals surface area contributed by atoms with Crippen molar-refractivity contribution in [2.75, 3.05) is 20.2 Å². The summed E-state index contributed by atoms with van der Waals surface area (Å²) in [5.41, 5.74) is 2.43. The van der Waals surface area contributed by atoms with Gasteiger partial charge in [-0.15, -0.1) is 0 Å². The van der Waals surface area contributed by atoms with Gasteiger partial charge in [0.05, 0.1) is 6.61 Å². The maximum absolute atomic E-state index is 9.38. The molecule has 15 heavy (non-hydrogen) atoms. The molecule has 0 bridgehead atoms. The van der Waals surface area contributed by atoms with Crippen LogP contribution >= 0.6 is 0 Å². The van der Waals surface area contributed by atoms with Crippen molar-refractivity contribution in [3.05, 3.63) is 35.4 Å². The molecule has 0 aliphatic carbocycles. The van der Waals surface area contributed by atoms with Crippen LogP contribution in [-0.4, -0.2) is 25.3 Å². The van der Waals surface area contributed by atoms with Gasteiger partial charge in [-0.3, -0.25) is 0 Å². The normalized spacial score (nSPS) is 11.7. The Balaban J connectivity index is 2.95. The summed E-state index contributed by atoms with van der Waals surface area (Å²) in [5.74, 6) is 0. The van der Waals surface area contributed by atoms with Crippen LogP contribution in [0.1, 0.15) is 25.0 Å². The molecule has 0 radical (unpaired) electrons. The van der Waals surface area contributed by atoms with Crippen LogP contribution in [0.2, 0.25) is 0 Å². The minimum atomic E-state index is -0.148. The third-order valence-electron chi connectivity index (χ3n) is 2.79. The molecular formula is C13H21NO. The van der Waals surface area contributed by atoms with Crippen molar-refractivity contribution >= 4 is 0 Å². The Labute approximate surface area is 92.3 Å². The van der Waals surface area contributed by atoms with Crippen LogP contribution in [0, 0.1) is 0 Å². The van der Waals surface area contributed by atoms with Crippen LogP contribution in [0.5, 0.6) is 0 Å². The van der Waals surface area contributed by atoms with Gasteiger partial charge in [0.1, 0.15) is 0 Å². The number of likely N-dealkylation sites (N-methyl/N-ethyl adjacent to an activating group) is 1. The van der Waals surface area contributed by atoms with Crippen molar-refractivity contribution in [2.45, 2.75) is 25.7 Å². The van der Waals surface area contributed by atoms with Gasteiger partial charge in [-0.2, -0.15) is 0 Å². The number of aliphatic hydroxyl groups excluding tert-OH is 1. The first-order chi connectivity index (χ1) is 7.11. The Morgan fingerprint density at radius 2 is 1.93 bits per heavy atom. The van der Waals surface area contributed by atoms with E-state index in [4.69, 9.17) is 0 Å². The molecule has 0 aromatic heterocycles. The molecule has 0 heterocycles. The zero-order valence-electron chi connectivity index (χ0n) is 9.88. The Hall–Kier alpha value is -0.860. The van der Waals surface area contributed by atoms with E-state index in [9.17, 15) is 5.11 Å². The van der Waals surface area contributed by atoms with Gasteiger partial charge in [0.2, 0.25) is 0 Å². The molecule has 0 fully saturated rings. The predicted molar refractivity (Wildman–Crippen MR) is 64.2 cm³/mol. The Kier molecular flexibility index (Phi) is 4.30. The molecule has 1 aromatic carbocycles. The zero-order chi connectivity index (χ0) is 11.3. The predicted octanol–water partition coefficient (Wildman–Crippen LogP) is 1.72. The molecule has 1 rings (SSSR count). The Bertz CT molecular complexity index is 307. The Morgan fingerprint density at radius 1 is 1.27 bits per heavy atom. The molecule has 0 aliphatic heterocycles. The number of nitrogens with one attached hydrogen (secondary N) is 1. The van der Waals surface area contributed by atoms with E-state index in [1.807, 2.05) is 13.1 Å². The second kappa shape index (κ2) is 5.29. The van der Waals surface area contributed by atoms with Crippen molar-refractivity contribution in [1.29, 1.82) is 0 Å². The van der Waals surface area contributed by atoms with Crippen LogP contribution < -0.4 is 5.32 Å². The van der Waals surface area contributed by atoms with E-state index in [1.165, 1.54) is 11.1 Å². The summed E-state index contributed by atoms with van der Waals surface area (Å²) in [6, 6.07) is 8.35. The molecule has 0 unspecified atom stereocenters. The number of aliphatic hydroxyl groups is 1. The van der Waals surface area contributed by atoms with Gasteiger partial charge >= 0.3 is 0 Å². The van der Waals surface area contributed by atoms with E-state index in [0.29, 0.717) is 0 Å². The third kappa shape index (κ3) is 3.05. The molecule has 2 nitrogen and oxygen atoms in total. The van der Waals surface area contributed by atoms with Crippen molar-refractivity contribution in [1.82, 2.24) is 5.32 Å². The standard InChI is InChI=1S/C13H21NO/c1-13(2,10-15)12-7-5-4-6-11(12)8-9-14-3/h4-7,14-15H,8-10H2,1-3H3. The number of rotatable bonds is 5. The summed E-state index contributed by atoms with van der Waals surface area (Å²) in [7, 11) is 1.96. The summed E-state index contributed by atoms with van der Waals surface area (Å²) in [5, 5.41) is 12.5. The first kappa shape index (κ1) is 12.2. The second-order valence-electron chi connectivity index (χ2n) is 4.55. The molecule has 0 saturated heterocycles. The fourth-order valence-corrected chi connectivity index (χ4v) is 1.74. The average molecular weight is 207 g/mol. The summed E-state index contributed by atoms with van der Waals surface area (Å²) >= 11 is 0. The summed E-state index contributed by atoms with van der Waals surface area (Å²) in [6.45, 7) is 5.30. The fraction of sp³-hybridized carbons (Fsp3) is 0.538. The highest BCUT2D eigenvalue weighted by Gasteiger charge is 2.21. The molecular weight excluding hydrogens is 186 g/mol. The molecule has 0 aliphatic rings. The van der Waals surface area contributed by atoms with Gasteiger partial charge in [-0.25, -0.2) is 0 Å². The van der Waals surface area contributed by atoms with E-state index in [2.05, 4.69) is 37.4 Å². The van der Waals surface area contributed by atoms with Gasteiger partial charge in [0, 0.05) is 5.41 Å². The van der Waals surface area contributed by atoms with Crippen LogP contribution in [0.15, 0.2) is 24.3 Å². The molecule has 0 saturated carbocycles. The van der Waals surface area contributed by atoms with E-state index < -0.39 is 0 Å². The summed E-state index contributed by atoms with van der Waals surface area (Å²) < 4.78 is 0. The largest absolute Gasteiger partial charge is 0.395 e. The fourth-order valence-electron chi connectivity index (χ4n) is 1.74. The van der Waals surface area contributed by atoms with Crippen molar-refractivity contribution in [2.24, 2.45) is 0 Å². The lowest BCUT2D eigenvalue weighted by Crippen LogP contribution is -2.24. The quantitative estimate of drug-likeness (QED) is 0.770. The van der Waals surface area contributed by atoms with Gasteiger partial charge in [0.15, 0.2) is 0 Å². The average Bonchev–Trinajstić information content (AvgIpc) is 2.26. The smallest absolute Gasteiger partial charge is 0.0522 e. The number of benzene rings is 1. The van der Waals surface area contributed by atoms with Crippen LogP contribution in [0.3, 0.4) is 0 Å². The lowest BCUT2D eigenvalue weighted by molar-refractivity contribution is 0.217. The molecule has 1 aromatic rings. The van der Waals surface area contributed by atoms with Gasteiger partial charge in [-0.1, -0.05) is 38.1 Å². The first-order valence-corrected chi connectivity index (χ1v) is 5.45. The van der Waals surface area contributed by atoms with Gasteiger partial charge in [0.25, 0.3) is 0 Å². The highest BCUT2D eigenvalue weighted by molar-refractivity contribution is 5.33. The summed E-state index contributed by atoms with van der Waals surface area (Å²) in [4.78, 5) is 0.